The van der Waals surface area contributed by atoms with Crippen LogP contribution in [0.3, 0.4) is 0 Å². The fraction of sp³-hybridized carbons (Fsp3) is 0.320. The molecule has 1 fully saturated rings. The minimum absolute atomic E-state index is 0.0160. The summed E-state index contributed by atoms with van der Waals surface area (Å²) in [5.74, 6) is -0.0837. The number of aromatic nitrogens is 2. The van der Waals surface area contributed by atoms with E-state index in [2.05, 4.69) is 15.7 Å². The molecule has 4 rings (SSSR count). The van der Waals surface area contributed by atoms with Crippen LogP contribution in [0.4, 0.5) is 10.5 Å². The molecular formula is C25H27ClN4O3. The summed E-state index contributed by atoms with van der Waals surface area (Å²) in [6, 6.07) is 13.2. The van der Waals surface area contributed by atoms with Crippen LogP contribution < -0.4 is 10.6 Å². The van der Waals surface area contributed by atoms with E-state index in [1.165, 1.54) is 10.7 Å². The fourth-order valence-corrected chi connectivity index (χ4v) is 4.39. The molecule has 1 aliphatic rings. The lowest BCUT2D eigenvalue weighted by atomic mass is 10.0. The Morgan fingerprint density at radius 3 is 2.64 bits per heavy atom. The average Bonchev–Trinajstić information content (AvgIpc) is 3.49. The first-order chi connectivity index (χ1) is 16.0. The van der Waals surface area contributed by atoms with Crippen molar-refractivity contribution in [2.75, 3.05) is 11.9 Å². The van der Waals surface area contributed by atoms with Gasteiger partial charge in [0.25, 0.3) is 5.91 Å². The molecule has 1 aromatic heterocycles. The highest BCUT2D eigenvalue weighted by atomic mass is 35.5. The van der Waals surface area contributed by atoms with Gasteiger partial charge in [0.2, 0.25) is 0 Å². The number of nitrogens with zero attached hydrogens (tertiary/aromatic N) is 2. The first kappa shape index (κ1) is 22.9. The molecule has 0 bridgehead atoms. The number of phenols is 1. The van der Waals surface area contributed by atoms with Crippen LogP contribution >= 0.6 is 11.6 Å². The van der Waals surface area contributed by atoms with Crippen LogP contribution in [-0.2, 0) is 0 Å². The van der Waals surface area contributed by atoms with Gasteiger partial charge in [-0.05, 0) is 55.7 Å². The number of carbonyl (C=O) groups excluding carboxylic acids is 2. The number of rotatable bonds is 6. The van der Waals surface area contributed by atoms with E-state index in [1.807, 2.05) is 13.0 Å². The van der Waals surface area contributed by atoms with Crippen LogP contribution in [0.2, 0.25) is 5.02 Å². The number of halogens is 1. The molecule has 2 aromatic carbocycles. The first-order valence-corrected chi connectivity index (χ1v) is 11.6. The number of nitrogens with one attached hydrogen (secondary N) is 2. The number of benzene rings is 2. The van der Waals surface area contributed by atoms with Crippen LogP contribution in [0.1, 0.15) is 61.0 Å². The maximum absolute atomic E-state index is 12.8. The Kier molecular flexibility index (Phi) is 6.99. The Morgan fingerprint density at radius 1 is 1.15 bits per heavy atom. The Hall–Kier alpha value is -3.32. The van der Waals surface area contributed by atoms with Gasteiger partial charge < -0.3 is 15.7 Å². The molecule has 1 heterocycles. The molecule has 0 spiro atoms. The highest BCUT2D eigenvalue weighted by molar-refractivity contribution is 6.34. The molecule has 0 saturated heterocycles. The molecule has 33 heavy (non-hydrogen) atoms. The highest BCUT2D eigenvalue weighted by Crippen LogP contribution is 2.38. The molecule has 2 amide bonds. The van der Waals surface area contributed by atoms with E-state index in [0.29, 0.717) is 34.1 Å². The van der Waals surface area contributed by atoms with E-state index in [-0.39, 0.29) is 23.6 Å². The molecule has 7 nitrogen and oxygen atoms in total. The topological polar surface area (TPSA) is 96.3 Å². The molecule has 0 aliphatic heterocycles. The van der Waals surface area contributed by atoms with Gasteiger partial charge in [0, 0.05) is 23.7 Å². The van der Waals surface area contributed by atoms with Crippen molar-refractivity contribution in [1.29, 1.82) is 0 Å². The lowest BCUT2D eigenvalue weighted by Gasteiger charge is -2.11. The normalized spacial score (nSPS) is 13.8. The van der Waals surface area contributed by atoms with Crippen molar-refractivity contribution in [3.8, 4) is 17.0 Å². The largest absolute Gasteiger partial charge is 0.507 e. The summed E-state index contributed by atoms with van der Waals surface area (Å²) in [4.78, 5) is 25.4. The second kappa shape index (κ2) is 10.1. The van der Waals surface area contributed by atoms with Crippen molar-refractivity contribution >= 4 is 29.2 Å². The third-order valence-electron chi connectivity index (χ3n) is 5.88. The second-order valence-electron chi connectivity index (χ2n) is 8.25. The predicted octanol–water partition coefficient (Wildman–Crippen LogP) is 5.79. The maximum Gasteiger partial charge on any atom is 0.342 e. The van der Waals surface area contributed by atoms with E-state index in [9.17, 15) is 14.7 Å². The van der Waals surface area contributed by atoms with Gasteiger partial charge in [0.15, 0.2) is 0 Å². The summed E-state index contributed by atoms with van der Waals surface area (Å²) in [6.45, 7) is 2.56. The molecule has 1 aliphatic carbocycles. The molecule has 0 atom stereocenters. The lowest BCUT2D eigenvalue weighted by molar-refractivity contribution is 0.102. The number of anilines is 1. The van der Waals surface area contributed by atoms with Crippen LogP contribution in [0, 0.1) is 0 Å². The third-order valence-corrected chi connectivity index (χ3v) is 6.21. The molecule has 3 N–H and O–H groups in total. The van der Waals surface area contributed by atoms with Gasteiger partial charge in [-0.25, -0.2) is 4.79 Å². The standard InChI is InChI=1S/C25H27ClN4O3/c1-2-13-27-25(33)30-22(16-7-3-4-8-16)15-21(29-30)19-14-17(11-12-23(19)31)28-24(32)18-9-5-6-10-20(18)26/h5-6,9-12,14-16,31H,2-4,7-8,13H2,1H3,(H,27,33)(H,28,32). The van der Waals surface area contributed by atoms with Gasteiger partial charge in [0.05, 0.1) is 22.0 Å². The number of amides is 2. The molecule has 172 valence electrons. The predicted molar refractivity (Wildman–Crippen MR) is 129 cm³/mol. The average molecular weight is 467 g/mol. The summed E-state index contributed by atoms with van der Waals surface area (Å²) in [5, 5.41) is 21.1. The zero-order valence-corrected chi connectivity index (χ0v) is 19.2. The van der Waals surface area contributed by atoms with Gasteiger partial charge >= 0.3 is 6.03 Å². The highest BCUT2D eigenvalue weighted by Gasteiger charge is 2.26. The van der Waals surface area contributed by atoms with Crippen LogP contribution in [0.25, 0.3) is 11.3 Å². The maximum atomic E-state index is 12.8. The van der Waals surface area contributed by atoms with Crippen molar-refractivity contribution < 1.29 is 14.7 Å². The van der Waals surface area contributed by atoms with Gasteiger partial charge in [-0.2, -0.15) is 9.78 Å². The molecule has 0 unspecified atom stereocenters. The Labute approximate surface area is 197 Å². The van der Waals surface area contributed by atoms with Crippen molar-refractivity contribution in [2.45, 2.75) is 44.9 Å². The van der Waals surface area contributed by atoms with E-state index >= 15 is 0 Å². The molecule has 1 saturated carbocycles. The van der Waals surface area contributed by atoms with Crippen LogP contribution in [0.5, 0.6) is 5.75 Å². The zero-order valence-electron chi connectivity index (χ0n) is 18.5. The quantitative estimate of drug-likeness (QED) is 0.401. The Morgan fingerprint density at radius 2 is 1.91 bits per heavy atom. The lowest BCUT2D eigenvalue weighted by Crippen LogP contribution is -2.31. The van der Waals surface area contributed by atoms with E-state index < -0.39 is 0 Å². The molecule has 8 heteroatoms. The minimum Gasteiger partial charge on any atom is -0.507 e. The Bertz CT molecular complexity index is 1170. The third kappa shape index (κ3) is 5.03. The second-order valence-corrected chi connectivity index (χ2v) is 8.65. The van der Waals surface area contributed by atoms with Crippen molar-refractivity contribution in [3.63, 3.8) is 0 Å². The van der Waals surface area contributed by atoms with E-state index in [0.717, 1.165) is 37.8 Å². The van der Waals surface area contributed by atoms with Gasteiger partial charge in [0.1, 0.15) is 5.75 Å². The minimum atomic E-state index is -0.353. The van der Waals surface area contributed by atoms with Crippen molar-refractivity contribution in [2.24, 2.45) is 0 Å². The van der Waals surface area contributed by atoms with Crippen LogP contribution in [-0.4, -0.2) is 33.4 Å². The number of carbonyl (C=O) groups is 2. The smallest absolute Gasteiger partial charge is 0.342 e. The molecule has 3 aromatic rings. The summed E-state index contributed by atoms with van der Waals surface area (Å²) < 4.78 is 1.43. The first-order valence-electron chi connectivity index (χ1n) is 11.3. The monoisotopic (exact) mass is 466 g/mol. The molecular weight excluding hydrogens is 440 g/mol. The van der Waals surface area contributed by atoms with Gasteiger partial charge in [-0.1, -0.05) is 43.5 Å². The Balaban J connectivity index is 1.66. The van der Waals surface area contributed by atoms with Crippen molar-refractivity contribution in [1.82, 2.24) is 15.1 Å². The number of phenolic OH excluding ortho intramolecular Hbond substituents is 1. The zero-order chi connectivity index (χ0) is 23.4. The fourth-order valence-electron chi connectivity index (χ4n) is 4.17. The molecule has 0 radical (unpaired) electrons. The summed E-state index contributed by atoms with van der Waals surface area (Å²) >= 11 is 6.13. The van der Waals surface area contributed by atoms with E-state index in [1.54, 1.807) is 36.4 Å². The summed E-state index contributed by atoms with van der Waals surface area (Å²) in [7, 11) is 0. The van der Waals surface area contributed by atoms with Gasteiger partial charge in [-0.15, -0.1) is 0 Å². The van der Waals surface area contributed by atoms with Crippen LogP contribution in [0.15, 0.2) is 48.5 Å². The SMILES string of the molecule is CCCNC(=O)n1nc(-c2cc(NC(=O)c3ccccc3Cl)ccc2O)cc1C1CCCC1. The number of aromatic hydroxyl groups is 1. The number of hydrogen-bond donors (Lipinski definition) is 3. The van der Waals surface area contributed by atoms with Crippen molar-refractivity contribution in [3.05, 3.63) is 64.8 Å². The van der Waals surface area contributed by atoms with E-state index in [4.69, 9.17) is 11.6 Å². The summed E-state index contributed by atoms with van der Waals surface area (Å²) in [5.41, 5.74) is 2.61. The number of hydrogen-bond acceptors (Lipinski definition) is 4. The summed E-state index contributed by atoms with van der Waals surface area (Å²) in [6.07, 6.45) is 5.08. The van der Waals surface area contributed by atoms with Gasteiger partial charge in [-0.3, -0.25) is 4.79 Å².